The van der Waals surface area contributed by atoms with Crippen molar-refractivity contribution in [3.63, 3.8) is 0 Å². The summed E-state index contributed by atoms with van der Waals surface area (Å²) in [6, 6.07) is 12.5. The molecule has 0 radical (unpaired) electrons. The summed E-state index contributed by atoms with van der Waals surface area (Å²) in [4.78, 5) is 63.8. The number of imide groups is 2. The molecule has 2 bridgehead atoms. The molecule has 3 N–H and O–H groups in total. The molecule has 1 saturated heterocycles. The van der Waals surface area contributed by atoms with E-state index in [2.05, 4.69) is 21.2 Å². The summed E-state index contributed by atoms with van der Waals surface area (Å²) in [6.07, 6.45) is 4.90. The fraction of sp³-hybridized carbons (Fsp3) is 0.333. The number of carbonyl (C=O) groups is 5. The second kappa shape index (κ2) is 9.96. The van der Waals surface area contributed by atoms with E-state index in [0.717, 1.165) is 37.5 Å². The number of hydrogen-bond acceptors (Lipinski definition) is 6. The van der Waals surface area contributed by atoms with Crippen LogP contribution in [0.3, 0.4) is 0 Å². The number of nitrogens with one attached hydrogen (secondary N) is 3. The molecular formula is C27H27N5O5. The molecule has 6 amide bonds. The lowest BCUT2D eigenvalue weighted by Gasteiger charge is -2.36. The number of urea groups is 1. The van der Waals surface area contributed by atoms with Gasteiger partial charge < -0.3 is 5.32 Å². The molecule has 5 rings (SSSR count). The number of hydrazone groups is 1. The van der Waals surface area contributed by atoms with Crippen LogP contribution in [0.15, 0.2) is 53.6 Å². The second-order valence-corrected chi connectivity index (χ2v) is 9.84. The number of rotatable bonds is 6. The smallest absolute Gasteiger partial charge is 0.322 e. The minimum absolute atomic E-state index is 0.199. The number of benzene rings is 2. The molecule has 10 nitrogen and oxygen atoms in total. The molecule has 2 aromatic rings. The van der Waals surface area contributed by atoms with E-state index in [1.165, 1.54) is 17.0 Å². The van der Waals surface area contributed by atoms with Gasteiger partial charge in [-0.1, -0.05) is 24.1 Å². The third kappa shape index (κ3) is 5.00. The van der Waals surface area contributed by atoms with Crippen LogP contribution in [-0.2, 0) is 9.59 Å². The molecule has 37 heavy (non-hydrogen) atoms. The SMILES string of the molecule is Cc1cccc(C(=O)Nc2ccc(C(=O)N/N=C\[C@H]3C(=O)NC(=O)N([C@H]4C[C@H]5CC[C@H]4C5)C3=O)cc2)c1. The highest BCUT2D eigenvalue weighted by molar-refractivity contribution is 6.23. The Morgan fingerprint density at radius 1 is 1.00 bits per heavy atom. The highest BCUT2D eigenvalue weighted by Crippen LogP contribution is 2.47. The number of nitrogens with zero attached hydrogens (tertiary/aromatic N) is 2. The molecule has 2 saturated carbocycles. The van der Waals surface area contributed by atoms with Crippen molar-refractivity contribution in [2.45, 2.75) is 38.6 Å². The first-order valence-electron chi connectivity index (χ1n) is 12.3. The zero-order chi connectivity index (χ0) is 26.1. The van der Waals surface area contributed by atoms with Crippen LogP contribution in [0.25, 0.3) is 0 Å². The van der Waals surface area contributed by atoms with Crippen molar-refractivity contribution in [1.29, 1.82) is 0 Å². The van der Waals surface area contributed by atoms with Crippen LogP contribution in [0.1, 0.15) is 52.0 Å². The minimum atomic E-state index is -1.30. The van der Waals surface area contributed by atoms with Gasteiger partial charge in [0.15, 0.2) is 5.92 Å². The summed E-state index contributed by atoms with van der Waals surface area (Å²) >= 11 is 0. The first kappa shape index (κ1) is 24.4. The van der Waals surface area contributed by atoms with E-state index in [-0.39, 0.29) is 23.4 Å². The lowest BCUT2D eigenvalue weighted by Crippen LogP contribution is -2.62. The first-order valence-corrected chi connectivity index (χ1v) is 12.3. The van der Waals surface area contributed by atoms with Gasteiger partial charge in [-0.2, -0.15) is 5.10 Å². The van der Waals surface area contributed by atoms with Gasteiger partial charge in [0.1, 0.15) is 0 Å². The van der Waals surface area contributed by atoms with E-state index in [1.54, 1.807) is 30.3 Å². The molecule has 1 aliphatic heterocycles. The predicted octanol–water partition coefficient (Wildman–Crippen LogP) is 2.85. The summed E-state index contributed by atoms with van der Waals surface area (Å²) in [5.41, 5.74) is 4.59. The predicted molar refractivity (Wildman–Crippen MR) is 135 cm³/mol. The lowest BCUT2D eigenvalue weighted by molar-refractivity contribution is -0.141. The number of barbiturate groups is 1. The number of amides is 6. The Morgan fingerprint density at radius 3 is 2.46 bits per heavy atom. The standard InChI is InChI=1S/C27H27N5O5/c1-15-3-2-4-19(11-15)23(33)29-20-9-7-17(8-10-20)24(34)31-28-14-21-25(35)30-27(37)32(26(21)36)22-13-16-5-6-18(22)12-16/h2-4,7-11,14,16,18,21-22H,5-6,12-13H2,1H3,(H,29,33)(H,31,34)(H,30,35,37)/b28-14-/t16-,18-,21-,22-/m0/s1. The fourth-order valence-corrected chi connectivity index (χ4v) is 5.51. The topological polar surface area (TPSA) is 137 Å². The zero-order valence-corrected chi connectivity index (χ0v) is 20.3. The van der Waals surface area contributed by atoms with Gasteiger partial charge in [0.25, 0.3) is 11.8 Å². The Kier molecular flexibility index (Phi) is 6.56. The molecule has 0 aromatic heterocycles. The third-order valence-electron chi connectivity index (χ3n) is 7.34. The molecule has 2 aliphatic carbocycles. The molecule has 10 heteroatoms. The summed E-state index contributed by atoms with van der Waals surface area (Å²) < 4.78 is 0. The number of hydrogen-bond donors (Lipinski definition) is 3. The van der Waals surface area contributed by atoms with Gasteiger partial charge >= 0.3 is 6.03 Å². The van der Waals surface area contributed by atoms with Gasteiger partial charge in [-0.05, 0) is 74.4 Å². The van der Waals surface area contributed by atoms with Crippen LogP contribution in [0.5, 0.6) is 0 Å². The van der Waals surface area contributed by atoms with Crippen LogP contribution in [-0.4, -0.2) is 46.8 Å². The third-order valence-corrected chi connectivity index (χ3v) is 7.34. The monoisotopic (exact) mass is 501 g/mol. The van der Waals surface area contributed by atoms with Crippen LogP contribution >= 0.6 is 0 Å². The van der Waals surface area contributed by atoms with Crippen LogP contribution in [0.2, 0.25) is 0 Å². The Balaban J connectivity index is 1.18. The molecule has 0 unspecified atom stereocenters. The van der Waals surface area contributed by atoms with Gasteiger partial charge in [-0.3, -0.25) is 29.4 Å². The minimum Gasteiger partial charge on any atom is -0.322 e. The maximum Gasteiger partial charge on any atom is 0.331 e. The summed E-state index contributed by atoms with van der Waals surface area (Å²) in [5, 5.41) is 8.83. The highest BCUT2D eigenvalue weighted by atomic mass is 16.2. The van der Waals surface area contributed by atoms with E-state index in [0.29, 0.717) is 17.2 Å². The van der Waals surface area contributed by atoms with E-state index in [9.17, 15) is 24.0 Å². The number of carbonyl (C=O) groups excluding carboxylic acids is 5. The zero-order valence-electron chi connectivity index (χ0n) is 20.3. The highest BCUT2D eigenvalue weighted by Gasteiger charge is 2.50. The van der Waals surface area contributed by atoms with Crippen LogP contribution in [0, 0.1) is 24.7 Å². The van der Waals surface area contributed by atoms with E-state index >= 15 is 0 Å². The van der Waals surface area contributed by atoms with Gasteiger partial charge in [0.05, 0.1) is 0 Å². The van der Waals surface area contributed by atoms with Crippen molar-refractivity contribution >= 4 is 41.6 Å². The molecular weight excluding hydrogens is 474 g/mol. The Hall–Kier alpha value is -4.34. The van der Waals surface area contributed by atoms with E-state index in [1.807, 2.05) is 13.0 Å². The van der Waals surface area contributed by atoms with Crippen molar-refractivity contribution in [3.8, 4) is 0 Å². The Labute approximate surface area is 213 Å². The van der Waals surface area contributed by atoms with E-state index < -0.39 is 29.7 Å². The van der Waals surface area contributed by atoms with Gasteiger partial charge in [0, 0.05) is 29.1 Å². The van der Waals surface area contributed by atoms with Crippen LogP contribution < -0.4 is 16.1 Å². The fourth-order valence-electron chi connectivity index (χ4n) is 5.51. The van der Waals surface area contributed by atoms with Crippen molar-refractivity contribution in [1.82, 2.24) is 15.6 Å². The maximum atomic E-state index is 13.0. The van der Waals surface area contributed by atoms with Crippen LogP contribution in [0.4, 0.5) is 10.5 Å². The molecule has 2 aromatic carbocycles. The summed E-state index contributed by atoms with van der Waals surface area (Å²) in [6.45, 7) is 1.90. The van der Waals surface area contributed by atoms with Crippen molar-refractivity contribution in [3.05, 3.63) is 65.2 Å². The molecule has 3 aliphatic rings. The molecule has 0 spiro atoms. The quantitative estimate of drug-likeness (QED) is 0.318. The van der Waals surface area contributed by atoms with E-state index in [4.69, 9.17) is 0 Å². The normalized spacial score (nSPS) is 24.9. The average molecular weight is 502 g/mol. The molecule has 3 fully saturated rings. The first-order chi connectivity index (χ1) is 17.8. The van der Waals surface area contributed by atoms with Crippen molar-refractivity contribution < 1.29 is 24.0 Å². The maximum absolute atomic E-state index is 13.0. The number of anilines is 1. The van der Waals surface area contributed by atoms with Gasteiger partial charge in [-0.25, -0.2) is 10.2 Å². The number of fused-ring (bicyclic) bond motifs is 2. The Morgan fingerprint density at radius 2 is 1.78 bits per heavy atom. The molecule has 4 atom stereocenters. The average Bonchev–Trinajstić information content (AvgIpc) is 3.50. The largest absolute Gasteiger partial charge is 0.331 e. The summed E-state index contributed by atoms with van der Waals surface area (Å²) in [7, 11) is 0. The van der Waals surface area contributed by atoms with Gasteiger partial charge in [-0.15, -0.1) is 0 Å². The summed E-state index contributed by atoms with van der Waals surface area (Å²) in [5.74, 6) is -2.71. The Bertz CT molecular complexity index is 1300. The van der Waals surface area contributed by atoms with Gasteiger partial charge in [0.2, 0.25) is 11.8 Å². The lowest BCUT2D eigenvalue weighted by atomic mass is 9.92. The second-order valence-electron chi connectivity index (χ2n) is 9.84. The van der Waals surface area contributed by atoms with Crippen molar-refractivity contribution in [2.75, 3.05) is 5.32 Å². The molecule has 1 heterocycles. The van der Waals surface area contributed by atoms with Crippen molar-refractivity contribution in [2.24, 2.45) is 22.9 Å². The number of aryl methyl sites for hydroxylation is 1. The molecule has 190 valence electrons.